The van der Waals surface area contributed by atoms with Gasteiger partial charge in [0.1, 0.15) is 11.5 Å². The number of hydrogen-bond acceptors (Lipinski definition) is 9. The average molecular weight is 519 g/mol. The van der Waals surface area contributed by atoms with Crippen LogP contribution in [-0.4, -0.2) is 47.3 Å². The third kappa shape index (κ3) is 7.74. The second-order valence-corrected chi connectivity index (χ2v) is 8.52. The van der Waals surface area contributed by atoms with Crippen molar-refractivity contribution < 1.29 is 19.0 Å². The number of rotatable bonds is 12. The number of H-pyrrole nitrogens is 1. The number of ether oxygens (including phenoxy) is 3. The number of nitrogens with one attached hydrogen (secondary N) is 3. The van der Waals surface area contributed by atoms with Gasteiger partial charge in [-0.3, -0.25) is 4.79 Å². The normalized spacial score (nSPS) is 10.8. The van der Waals surface area contributed by atoms with Crippen LogP contribution < -0.4 is 25.0 Å². The molecule has 37 heavy (non-hydrogen) atoms. The lowest BCUT2D eigenvalue weighted by Crippen LogP contribution is -2.24. The van der Waals surface area contributed by atoms with Crippen LogP contribution in [0.1, 0.15) is 11.1 Å². The topological polar surface area (TPSA) is 123 Å². The summed E-state index contributed by atoms with van der Waals surface area (Å²) in [5.74, 6) is 3.10. The van der Waals surface area contributed by atoms with Gasteiger partial charge in [-0.15, -0.1) is 5.10 Å². The first-order valence-electron chi connectivity index (χ1n) is 11.3. The van der Waals surface area contributed by atoms with Crippen molar-refractivity contribution in [2.24, 2.45) is 5.10 Å². The summed E-state index contributed by atoms with van der Waals surface area (Å²) in [5.41, 5.74) is 4.55. The van der Waals surface area contributed by atoms with Crippen LogP contribution in [0.4, 0.5) is 5.95 Å². The predicted molar refractivity (Wildman–Crippen MR) is 143 cm³/mol. The van der Waals surface area contributed by atoms with Crippen LogP contribution in [0, 0.1) is 0 Å². The number of carbonyl (C=O) groups excluding carboxylic acids is 1. The number of para-hydroxylation sites is 1. The zero-order chi connectivity index (χ0) is 25.9. The van der Waals surface area contributed by atoms with E-state index >= 15 is 0 Å². The summed E-state index contributed by atoms with van der Waals surface area (Å²) in [5, 5.41) is 14.3. The number of hydrogen-bond donors (Lipinski definition) is 3. The van der Waals surface area contributed by atoms with Gasteiger partial charge in [0.05, 0.1) is 26.2 Å². The molecule has 0 atom stereocenters. The van der Waals surface area contributed by atoms with E-state index in [9.17, 15) is 4.79 Å². The maximum Gasteiger partial charge on any atom is 0.240 e. The molecule has 1 aromatic heterocycles. The van der Waals surface area contributed by atoms with E-state index in [1.54, 1.807) is 26.5 Å². The van der Waals surface area contributed by atoms with Gasteiger partial charge in [0.25, 0.3) is 0 Å². The minimum Gasteiger partial charge on any atom is -0.493 e. The summed E-state index contributed by atoms with van der Waals surface area (Å²) in [6.45, 7) is 0.368. The third-order valence-electron chi connectivity index (χ3n) is 4.96. The Hall–Kier alpha value is -4.51. The van der Waals surface area contributed by atoms with Gasteiger partial charge in [-0.1, -0.05) is 48.2 Å². The van der Waals surface area contributed by atoms with Crippen molar-refractivity contribution in [2.75, 3.05) is 25.4 Å². The van der Waals surface area contributed by atoms with Crippen LogP contribution in [0.25, 0.3) is 0 Å². The Morgan fingerprint density at radius 3 is 2.62 bits per heavy atom. The Balaban J connectivity index is 1.22. The fourth-order valence-electron chi connectivity index (χ4n) is 3.18. The highest BCUT2D eigenvalue weighted by molar-refractivity contribution is 7.99. The molecule has 0 fully saturated rings. The van der Waals surface area contributed by atoms with Crippen molar-refractivity contribution in [1.29, 1.82) is 0 Å². The van der Waals surface area contributed by atoms with Gasteiger partial charge in [0.15, 0.2) is 11.5 Å². The highest BCUT2D eigenvalue weighted by Crippen LogP contribution is 2.27. The molecule has 11 heteroatoms. The van der Waals surface area contributed by atoms with Gasteiger partial charge in [0.2, 0.25) is 17.0 Å². The van der Waals surface area contributed by atoms with E-state index in [1.807, 2.05) is 66.7 Å². The molecule has 3 N–H and O–H groups in total. The fourth-order valence-corrected chi connectivity index (χ4v) is 3.81. The van der Waals surface area contributed by atoms with E-state index in [1.165, 1.54) is 11.8 Å². The van der Waals surface area contributed by atoms with Crippen molar-refractivity contribution in [3.8, 4) is 23.0 Å². The SMILES string of the molecule is COc1ccc(CNC(=O)CSc2n[nH]c(N/N=C/c3cccc(Oc4ccccc4)c3)n2)cc1OC. The van der Waals surface area contributed by atoms with Gasteiger partial charge < -0.3 is 19.5 Å². The van der Waals surface area contributed by atoms with Crippen molar-refractivity contribution in [3.05, 3.63) is 83.9 Å². The summed E-state index contributed by atoms with van der Waals surface area (Å²) in [6, 6.07) is 22.6. The number of anilines is 1. The Morgan fingerprint density at radius 1 is 1.00 bits per heavy atom. The zero-order valence-electron chi connectivity index (χ0n) is 20.3. The summed E-state index contributed by atoms with van der Waals surface area (Å²) in [4.78, 5) is 16.5. The maximum atomic E-state index is 12.2. The smallest absolute Gasteiger partial charge is 0.240 e. The number of nitrogens with zero attached hydrogens (tertiary/aromatic N) is 3. The van der Waals surface area contributed by atoms with Crippen molar-refractivity contribution in [2.45, 2.75) is 11.7 Å². The number of methoxy groups -OCH3 is 2. The lowest BCUT2D eigenvalue weighted by Gasteiger charge is -2.10. The van der Waals surface area contributed by atoms with E-state index in [0.29, 0.717) is 34.9 Å². The first-order chi connectivity index (χ1) is 18.1. The lowest BCUT2D eigenvalue weighted by molar-refractivity contribution is -0.118. The lowest BCUT2D eigenvalue weighted by atomic mass is 10.2. The van der Waals surface area contributed by atoms with Crippen molar-refractivity contribution >= 4 is 29.8 Å². The fraction of sp³-hybridized carbons (Fsp3) is 0.154. The molecular formula is C26H26N6O4S. The Kier molecular flexibility index (Phi) is 8.97. The van der Waals surface area contributed by atoms with Crippen LogP contribution in [0.5, 0.6) is 23.0 Å². The van der Waals surface area contributed by atoms with Gasteiger partial charge in [-0.2, -0.15) is 10.1 Å². The molecule has 0 aliphatic heterocycles. The summed E-state index contributed by atoms with van der Waals surface area (Å²) in [7, 11) is 3.15. The molecule has 3 aromatic carbocycles. The molecule has 0 aliphatic rings. The zero-order valence-corrected chi connectivity index (χ0v) is 21.1. The first-order valence-corrected chi connectivity index (χ1v) is 12.3. The summed E-state index contributed by atoms with van der Waals surface area (Å²) < 4.78 is 16.4. The van der Waals surface area contributed by atoms with Crippen LogP contribution >= 0.6 is 11.8 Å². The quantitative estimate of drug-likeness (QED) is 0.143. The van der Waals surface area contributed by atoms with Crippen LogP contribution in [-0.2, 0) is 11.3 Å². The first kappa shape index (κ1) is 25.6. The Morgan fingerprint density at radius 2 is 1.81 bits per heavy atom. The molecular weight excluding hydrogens is 492 g/mol. The molecule has 0 aliphatic carbocycles. The molecule has 0 radical (unpaired) electrons. The highest BCUT2D eigenvalue weighted by atomic mass is 32.2. The monoisotopic (exact) mass is 518 g/mol. The highest BCUT2D eigenvalue weighted by Gasteiger charge is 2.09. The molecule has 0 unspecified atom stereocenters. The second kappa shape index (κ2) is 13.0. The number of aromatic amines is 1. The second-order valence-electron chi connectivity index (χ2n) is 7.58. The number of carbonyl (C=O) groups is 1. The van der Waals surface area contributed by atoms with E-state index in [-0.39, 0.29) is 11.7 Å². The van der Waals surface area contributed by atoms with E-state index in [4.69, 9.17) is 14.2 Å². The van der Waals surface area contributed by atoms with Gasteiger partial charge in [-0.25, -0.2) is 10.5 Å². The van der Waals surface area contributed by atoms with Crippen LogP contribution in [0.3, 0.4) is 0 Å². The largest absolute Gasteiger partial charge is 0.493 e. The molecule has 0 saturated heterocycles. The molecule has 190 valence electrons. The minimum atomic E-state index is -0.144. The summed E-state index contributed by atoms with van der Waals surface area (Å²) in [6.07, 6.45) is 1.65. The average Bonchev–Trinajstić information content (AvgIpc) is 3.39. The van der Waals surface area contributed by atoms with Crippen LogP contribution in [0.2, 0.25) is 0 Å². The number of aromatic nitrogens is 3. The van der Waals surface area contributed by atoms with Gasteiger partial charge >= 0.3 is 0 Å². The van der Waals surface area contributed by atoms with Crippen molar-refractivity contribution in [3.63, 3.8) is 0 Å². The van der Waals surface area contributed by atoms with Crippen LogP contribution in [0.15, 0.2) is 83.1 Å². The predicted octanol–water partition coefficient (Wildman–Crippen LogP) is 4.47. The number of thioether (sulfide) groups is 1. The molecule has 0 saturated carbocycles. The van der Waals surface area contributed by atoms with Gasteiger partial charge in [-0.05, 0) is 47.5 Å². The Bertz CT molecular complexity index is 1350. The molecule has 1 heterocycles. The van der Waals surface area contributed by atoms with E-state index in [0.717, 1.165) is 16.9 Å². The molecule has 1 amide bonds. The van der Waals surface area contributed by atoms with Gasteiger partial charge in [0, 0.05) is 6.54 Å². The summed E-state index contributed by atoms with van der Waals surface area (Å²) >= 11 is 1.21. The molecule has 4 rings (SSSR count). The molecule has 4 aromatic rings. The van der Waals surface area contributed by atoms with E-state index < -0.39 is 0 Å². The van der Waals surface area contributed by atoms with E-state index in [2.05, 4.69) is 31.0 Å². The number of hydrazone groups is 1. The number of amides is 1. The Labute approximate surface area is 218 Å². The standard InChI is InChI=1S/C26H26N6O4S/c1-34-22-12-11-19(14-23(22)35-2)15-27-24(33)17-37-26-29-25(31-32-26)30-28-16-18-7-6-10-21(13-18)36-20-8-4-3-5-9-20/h3-14,16H,15,17H2,1-2H3,(H,27,33)(H2,29,30,31,32)/b28-16+. The number of benzene rings is 3. The molecule has 0 spiro atoms. The maximum absolute atomic E-state index is 12.2. The third-order valence-corrected chi connectivity index (χ3v) is 5.80. The van der Waals surface area contributed by atoms with Crippen molar-refractivity contribution in [1.82, 2.24) is 20.5 Å². The minimum absolute atomic E-state index is 0.144. The molecule has 10 nitrogen and oxygen atoms in total. The molecule has 0 bridgehead atoms.